The fraction of sp³-hybridized carbons (Fsp3) is 0.576. The molecule has 208 valence electrons. The number of piperazine rings is 1. The summed E-state index contributed by atoms with van der Waals surface area (Å²) in [5.74, 6) is 3.19. The molecule has 39 heavy (non-hydrogen) atoms. The van der Waals surface area contributed by atoms with Crippen molar-refractivity contribution in [1.82, 2.24) is 14.7 Å². The molecule has 2 aromatic rings. The maximum absolute atomic E-state index is 13.2. The van der Waals surface area contributed by atoms with Crippen LogP contribution in [0.3, 0.4) is 0 Å². The molecule has 3 saturated carbocycles. The molecule has 1 amide bonds. The van der Waals surface area contributed by atoms with Gasteiger partial charge >= 0.3 is 0 Å². The van der Waals surface area contributed by atoms with Gasteiger partial charge in [-0.3, -0.25) is 9.69 Å². The van der Waals surface area contributed by atoms with Gasteiger partial charge in [0.2, 0.25) is 0 Å². The van der Waals surface area contributed by atoms with E-state index >= 15 is 0 Å². The van der Waals surface area contributed by atoms with E-state index < -0.39 is 0 Å². The quantitative estimate of drug-likeness (QED) is 0.432. The van der Waals surface area contributed by atoms with Gasteiger partial charge in [0, 0.05) is 50.9 Å². The average Bonchev–Trinajstić information content (AvgIpc) is 3.22. The first-order valence-electron chi connectivity index (χ1n) is 14.9. The van der Waals surface area contributed by atoms with Gasteiger partial charge < -0.3 is 15.5 Å². The van der Waals surface area contributed by atoms with Gasteiger partial charge in [-0.05, 0) is 85.1 Å². The Balaban J connectivity index is 1.05. The Morgan fingerprint density at radius 2 is 1.82 bits per heavy atom. The number of nitrogens with zero attached hydrogens (tertiary/aromatic N) is 4. The van der Waals surface area contributed by atoms with Crippen LogP contribution < -0.4 is 5.73 Å². The predicted octanol–water partition coefficient (Wildman–Crippen LogP) is 5.14. The molecular weight excluding hydrogens is 482 g/mol. The second kappa shape index (κ2) is 9.96. The Morgan fingerprint density at radius 3 is 2.51 bits per heavy atom. The van der Waals surface area contributed by atoms with Gasteiger partial charge in [0.1, 0.15) is 0 Å². The maximum Gasteiger partial charge on any atom is 0.254 e. The van der Waals surface area contributed by atoms with Crippen LogP contribution in [-0.4, -0.2) is 65.3 Å². The molecule has 6 nitrogen and oxygen atoms in total. The fourth-order valence-corrected chi connectivity index (χ4v) is 8.07. The molecule has 0 radical (unpaired) electrons. The molecule has 0 unspecified atom stereocenters. The van der Waals surface area contributed by atoms with E-state index in [0.29, 0.717) is 24.0 Å². The van der Waals surface area contributed by atoms with Crippen LogP contribution in [-0.2, 0) is 13.0 Å². The summed E-state index contributed by atoms with van der Waals surface area (Å²) in [4.78, 5) is 24.8. The first-order chi connectivity index (χ1) is 18.6. The highest BCUT2D eigenvalue weighted by Gasteiger charge is 2.57. The Kier molecular flexibility index (Phi) is 6.73. The number of nitrogens with two attached hydrogens (primary N) is 1. The smallest absolute Gasteiger partial charge is 0.254 e. The largest absolute Gasteiger partial charge is 0.369 e. The van der Waals surface area contributed by atoms with Crippen LogP contribution in [0.5, 0.6) is 0 Å². The monoisotopic (exact) mass is 527 g/mol. The highest BCUT2D eigenvalue weighted by molar-refractivity contribution is 5.99. The number of hydrogen-bond acceptors (Lipinski definition) is 3. The van der Waals surface area contributed by atoms with Crippen molar-refractivity contribution in [3.63, 3.8) is 0 Å². The van der Waals surface area contributed by atoms with Crippen molar-refractivity contribution in [3.05, 3.63) is 64.2 Å². The summed E-state index contributed by atoms with van der Waals surface area (Å²) in [6.45, 7) is 17.0. The number of amides is 1. The van der Waals surface area contributed by atoms with Gasteiger partial charge in [-0.1, -0.05) is 50.6 Å². The summed E-state index contributed by atoms with van der Waals surface area (Å²) in [6, 6.07) is 13.2. The maximum atomic E-state index is 13.2. The fourth-order valence-electron chi connectivity index (χ4n) is 8.07. The zero-order valence-electron chi connectivity index (χ0n) is 24.4. The molecule has 2 aromatic carbocycles. The minimum Gasteiger partial charge on any atom is -0.369 e. The van der Waals surface area contributed by atoms with Gasteiger partial charge in [0.05, 0.1) is 5.69 Å². The zero-order chi connectivity index (χ0) is 27.5. The lowest BCUT2D eigenvalue weighted by atomic mass is 9.44. The van der Waals surface area contributed by atoms with E-state index in [4.69, 9.17) is 10.7 Å². The molecule has 2 heterocycles. The zero-order valence-corrected chi connectivity index (χ0v) is 24.4. The molecule has 2 N–H and O–H groups in total. The van der Waals surface area contributed by atoms with Crippen molar-refractivity contribution < 1.29 is 4.79 Å². The van der Waals surface area contributed by atoms with Crippen molar-refractivity contribution in [3.8, 4) is 0 Å². The van der Waals surface area contributed by atoms with Crippen molar-refractivity contribution in [2.45, 2.75) is 66.5 Å². The highest BCUT2D eigenvalue weighted by Crippen LogP contribution is 2.62. The molecule has 4 atom stereocenters. The third-order valence-corrected chi connectivity index (χ3v) is 10.8. The second-order valence-corrected chi connectivity index (χ2v) is 13.3. The number of hydrogen-bond donors (Lipinski definition) is 1. The van der Waals surface area contributed by atoms with Gasteiger partial charge in [0.15, 0.2) is 5.96 Å². The number of guanidine groups is 1. The third kappa shape index (κ3) is 4.75. The molecule has 6 heteroatoms. The molecule has 0 aromatic heterocycles. The summed E-state index contributed by atoms with van der Waals surface area (Å²) in [5, 5.41) is 0. The van der Waals surface area contributed by atoms with E-state index in [-0.39, 0.29) is 5.91 Å². The van der Waals surface area contributed by atoms with Crippen LogP contribution in [0.2, 0.25) is 0 Å². The Hall–Kier alpha value is -2.86. The SMILES string of the molecule is Cc1ccc(CCN2Cc3ccc(N=C(N)N4CCN([C@H]5C[C@@H]6C[C@@H]([C@H]5C)C6(C)C)CC4)cc3C2=O)c(C)c1. The topological polar surface area (TPSA) is 65.2 Å². The lowest BCUT2D eigenvalue weighted by Crippen LogP contribution is -2.63. The lowest BCUT2D eigenvalue weighted by Gasteiger charge is -2.64. The third-order valence-electron chi connectivity index (χ3n) is 10.8. The molecule has 1 saturated heterocycles. The van der Waals surface area contributed by atoms with E-state index in [2.05, 4.69) is 62.6 Å². The summed E-state index contributed by atoms with van der Waals surface area (Å²) in [6.07, 6.45) is 3.64. The Morgan fingerprint density at radius 1 is 1.05 bits per heavy atom. The number of aliphatic imine (C=N–C) groups is 1. The number of aryl methyl sites for hydroxylation is 2. The van der Waals surface area contributed by atoms with Crippen LogP contribution in [0.25, 0.3) is 0 Å². The van der Waals surface area contributed by atoms with Gasteiger partial charge in [-0.15, -0.1) is 0 Å². The first kappa shape index (κ1) is 26.4. The number of rotatable bonds is 5. The molecule has 0 spiro atoms. The first-order valence-corrected chi connectivity index (χ1v) is 14.9. The van der Waals surface area contributed by atoms with Crippen LogP contribution in [0.1, 0.15) is 66.2 Å². The molecule has 2 aliphatic heterocycles. The van der Waals surface area contributed by atoms with Crippen LogP contribution in [0.15, 0.2) is 41.4 Å². The predicted molar refractivity (Wildman–Crippen MR) is 158 cm³/mol. The molecule has 7 rings (SSSR count). The van der Waals surface area contributed by atoms with Gasteiger partial charge in [-0.25, -0.2) is 4.99 Å². The standard InChI is InChI=1S/C33H45N5O/c1-21-6-7-24(22(2)16-21)10-11-38-20-25-8-9-27(19-28(25)31(38)39)35-32(34)37-14-12-36(13-15-37)30-18-26-17-29(23(30)3)33(26,4)5/h6-9,16,19,23,26,29-30H,10-15,17-18,20H2,1-5H3,(H2,34,35)/t23-,26+,29+,30+/m1/s1. The summed E-state index contributed by atoms with van der Waals surface area (Å²) >= 11 is 0. The number of benzene rings is 2. The molecule has 4 fully saturated rings. The second-order valence-electron chi connectivity index (χ2n) is 13.3. The molecule has 5 aliphatic rings. The van der Waals surface area contributed by atoms with Crippen molar-refractivity contribution in [2.24, 2.45) is 33.9 Å². The summed E-state index contributed by atoms with van der Waals surface area (Å²) < 4.78 is 0. The summed E-state index contributed by atoms with van der Waals surface area (Å²) in [7, 11) is 0. The van der Waals surface area contributed by atoms with Crippen molar-refractivity contribution >= 4 is 17.6 Å². The van der Waals surface area contributed by atoms with E-state index in [1.807, 2.05) is 23.1 Å². The van der Waals surface area contributed by atoms with E-state index in [1.54, 1.807) is 0 Å². The average molecular weight is 528 g/mol. The van der Waals surface area contributed by atoms with Crippen LogP contribution in [0, 0.1) is 37.0 Å². The van der Waals surface area contributed by atoms with Gasteiger partial charge in [-0.2, -0.15) is 0 Å². The lowest BCUT2D eigenvalue weighted by molar-refractivity contribution is -0.141. The highest BCUT2D eigenvalue weighted by atomic mass is 16.2. The minimum atomic E-state index is 0.0989. The molecular formula is C33H45N5O. The Bertz CT molecular complexity index is 1290. The van der Waals surface area contributed by atoms with Gasteiger partial charge in [0.25, 0.3) is 5.91 Å². The minimum absolute atomic E-state index is 0.0989. The van der Waals surface area contributed by atoms with E-state index in [0.717, 1.165) is 73.7 Å². The van der Waals surface area contributed by atoms with Crippen molar-refractivity contribution in [2.75, 3.05) is 32.7 Å². The van der Waals surface area contributed by atoms with Crippen molar-refractivity contribution in [1.29, 1.82) is 0 Å². The molecule has 2 bridgehead atoms. The van der Waals surface area contributed by atoms with E-state index in [9.17, 15) is 4.79 Å². The van der Waals surface area contributed by atoms with Crippen LogP contribution in [0.4, 0.5) is 5.69 Å². The molecule has 3 aliphatic carbocycles. The van der Waals surface area contributed by atoms with E-state index in [1.165, 1.54) is 29.5 Å². The Labute approximate surface area is 234 Å². The number of carbonyl (C=O) groups is 1. The normalized spacial score (nSPS) is 28.4. The van der Waals surface area contributed by atoms with Crippen LogP contribution >= 0.6 is 0 Å². The number of fused-ring (bicyclic) bond motifs is 3. The number of carbonyl (C=O) groups excluding carboxylic acids is 1. The summed E-state index contributed by atoms with van der Waals surface area (Å²) in [5.41, 5.74) is 13.5.